The second-order valence-corrected chi connectivity index (χ2v) is 15.4. The largest absolute Gasteiger partial charge is 0.461 e. The molecule has 3 saturated heterocycles. The standard InChI is InChI=1S/C39H38ClF3N8O3/c1-49(25-12-17-50(21-25)30(52)11-10-29-45-36(48-54-29)39(43)14-4-15-39)35-27-19-44-33(26-8-2-6-23-7-3-9-28(40)31(23)26)32(42)34(27)46-37(47-35)53-22-38-13-5-16-51(38)20-24(41)18-38/h2-3,6-11,19,24-25H,4-5,12-18,20-22H2,1H3/b11-10+/t24-,25-,38+/m1/s1. The molecule has 1 saturated carbocycles. The van der Waals surface area contributed by atoms with E-state index in [-0.39, 0.29) is 47.5 Å². The smallest absolute Gasteiger partial charge is 0.319 e. The summed E-state index contributed by atoms with van der Waals surface area (Å²) in [5, 5.41) is 6.12. The Labute approximate surface area is 314 Å². The van der Waals surface area contributed by atoms with Crippen molar-refractivity contribution in [2.24, 2.45) is 0 Å². The van der Waals surface area contributed by atoms with Crippen molar-refractivity contribution in [3.05, 3.63) is 71.2 Å². The lowest BCUT2D eigenvalue weighted by Gasteiger charge is -2.31. The number of hydrogen-bond donors (Lipinski definition) is 0. The van der Waals surface area contributed by atoms with Gasteiger partial charge in [-0.15, -0.1) is 0 Å². The summed E-state index contributed by atoms with van der Waals surface area (Å²) < 4.78 is 57.6. The highest BCUT2D eigenvalue weighted by atomic mass is 35.5. The molecule has 11 nitrogen and oxygen atoms in total. The number of hydrogen-bond acceptors (Lipinski definition) is 10. The highest BCUT2D eigenvalue weighted by Gasteiger charge is 2.49. The minimum atomic E-state index is -1.56. The maximum atomic E-state index is 16.9. The van der Waals surface area contributed by atoms with E-state index in [9.17, 15) is 13.6 Å². The van der Waals surface area contributed by atoms with Gasteiger partial charge in [0.25, 0.3) is 5.89 Å². The number of carbonyl (C=O) groups is 1. The van der Waals surface area contributed by atoms with Crippen LogP contribution < -0.4 is 9.64 Å². The average Bonchev–Trinajstić information content (AvgIpc) is 3.97. The first-order valence-corrected chi connectivity index (χ1v) is 18.8. The molecule has 3 atom stereocenters. The number of ether oxygens (including phenoxy) is 1. The number of likely N-dealkylation sites (N-methyl/N-ethyl adjacent to an activating group) is 1. The van der Waals surface area contributed by atoms with Crippen molar-refractivity contribution in [2.75, 3.05) is 44.7 Å². The number of benzene rings is 2. The zero-order chi connectivity index (χ0) is 37.2. The Hall–Kier alpha value is -4.82. The van der Waals surface area contributed by atoms with E-state index < -0.39 is 23.2 Å². The number of halogens is 4. The van der Waals surface area contributed by atoms with Gasteiger partial charge < -0.3 is 19.1 Å². The van der Waals surface area contributed by atoms with E-state index in [0.29, 0.717) is 72.5 Å². The van der Waals surface area contributed by atoms with Gasteiger partial charge in [0.05, 0.1) is 10.9 Å². The molecule has 5 aromatic rings. The van der Waals surface area contributed by atoms with E-state index in [1.807, 2.05) is 36.2 Å². The normalized spacial score (nSPS) is 23.8. The van der Waals surface area contributed by atoms with Crippen LogP contribution in [0.2, 0.25) is 5.02 Å². The van der Waals surface area contributed by atoms with Gasteiger partial charge in [-0.1, -0.05) is 47.1 Å². The molecule has 4 aliphatic rings. The van der Waals surface area contributed by atoms with Crippen LogP contribution >= 0.6 is 11.6 Å². The van der Waals surface area contributed by atoms with Crippen LogP contribution in [0.5, 0.6) is 6.01 Å². The number of carbonyl (C=O) groups excluding carboxylic acids is 1. The molecule has 0 N–H and O–H groups in total. The van der Waals surface area contributed by atoms with E-state index in [1.54, 1.807) is 23.2 Å². The lowest BCUT2D eigenvalue weighted by atomic mass is 9.81. The van der Waals surface area contributed by atoms with Crippen LogP contribution in [0, 0.1) is 5.82 Å². The molecule has 3 aliphatic heterocycles. The topological polar surface area (TPSA) is 114 Å². The van der Waals surface area contributed by atoms with Crippen LogP contribution in [0.4, 0.5) is 19.0 Å². The van der Waals surface area contributed by atoms with Crippen molar-refractivity contribution in [3.8, 4) is 17.3 Å². The highest BCUT2D eigenvalue weighted by molar-refractivity contribution is 6.36. The maximum Gasteiger partial charge on any atom is 0.319 e. The van der Waals surface area contributed by atoms with Crippen molar-refractivity contribution < 1.29 is 27.2 Å². The Morgan fingerprint density at radius 1 is 1.11 bits per heavy atom. The van der Waals surface area contributed by atoms with E-state index in [2.05, 4.69) is 25.0 Å². The fourth-order valence-corrected chi connectivity index (χ4v) is 8.84. The van der Waals surface area contributed by atoms with Gasteiger partial charge in [-0.05, 0) is 56.5 Å². The molecular weight excluding hydrogens is 721 g/mol. The zero-order valence-corrected chi connectivity index (χ0v) is 30.4. The lowest BCUT2D eigenvalue weighted by molar-refractivity contribution is -0.124. The molecular formula is C39H38ClF3N8O3. The Balaban J connectivity index is 1.02. The molecule has 1 aliphatic carbocycles. The van der Waals surface area contributed by atoms with Crippen LogP contribution in [0.1, 0.15) is 56.7 Å². The van der Waals surface area contributed by atoms with Crippen molar-refractivity contribution in [1.82, 2.24) is 34.9 Å². The highest BCUT2D eigenvalue weighted by Crippen LogP contribution is 2.44. The molecule has 0 spiro atoms. The molecule has 4 fully saturated rings. The summed E-state index contributed by atoms with van der Waals surface area (Å²) in [6.45, 7) is 2.14. The summed E-state index contributed by atoms with van der Waals surface area (Å²) in [7, 11) is 1.84. The summed E-state index contributed by atoms with van der Waals surface area (Å²) in [6.07, 6.45) is 7.55. The summed E-state index contributed by atoms with van der Waals surface area (Å²) in [4.78, 5) is 37.1. The first kappa shape index (κ1) is 34.9. The maximum absolute atomic E-state index is 16.9. The summed E-state index contributed by atoms with van der Waals surface area (Å²) in [5.74, 6) is -0.451. The molecule has 6 heterocycles. The van der Waals surface area contributed by atoms with Gasteiger partial charge in [-0.3, -0.25) is 14.7 Å². The number of pyridine rings is 1. The van der Waals surface area contributed by atoms with Crippen molar-refractivity contribution in [3.63, 3.8) is 0 Å². The Morgan fingerprint density at radius 2 is 1.94 bits per heavy atom. The molecule has 0 unspecified atom stereocenters. The minimum Gasteiger partial charge on any atom is -0.461 e. The van der Waals surface area contributed by atoms with Crippen molar-refractivity contribution in [2.45, 2.75) is 68.4 Å². The third-order valence-corrected chi connectivity index (χ3v) is 12.0. The number of rotatable bonds is 9. The van der Waals surface area contributed by atoms with Crippen molar-refractivity contribution in [1.29, 1.82) is 0 Å². The summed E-state index contributed by atoms with van der Waals surface area (Å²) >= 11 is 6.63. The number of anilines is 1. The first-order chi connectivity index (χ1) is 26.1. The van der Waals surface area contributed by atoms with Gasteiger partial charge in [0.1, 0.15) is 29.8 Å². The second kappa shape index (κ2) is 13.5. The van der Waals surface area contributed by atoms with Crippen molar-refractivity contribution >= 4 is 51.1 Å². The number of nitrogens with zero attached hydrogens (tertiary/aromatic N) is 8. The molecule has 0 bridgehead atoms. The molecule has 54 heavy (non-hydrogen) atoms. The summed E-state index contributed by atoms with van der Waals surface area (Å²) in [6, 6.07) is 10.8. The van der Waals surface area contributed by atoms with Crippen LogP contribution in [0.25, 0.3) is 39.0 Å². The number of fused-ring (bicyclic) bond motifs is 3. The van der Waals surface area contributed by atoms with Crippen LogP contribution in [-0.4, -0.2) is 98.4 Å². The quantitative estimate of drug-likeness (QED) is 0.145. The Morgan fingerprint density at radius 3 is 2.76 bits per heavy atom. The van der Waals surface area contributed by atoms with Crippen LogP contribution in [-0.2, 0) is 10.5 Å². The fourth-order valence-electron chi connectivity index (χ4n) is 8.56. The minimum absolute atomic E-state index is 0.0122. The van der Waals surface area contributed by atoms with Gasteiger partial charge in [0, 0.05) is 73.5 Å². The van der Waals surface area contributed by atoms with E-state index in [1.165, 1.54) is 12.2 Å². The first-order valence-electron chi connectivity index (χ1n) is 18.4. The monoisotopic (exact) mass is 758 g/mol. The van der Waals surface area contributed by atoms with Gasteiger partial charge in [0.15, 0.2) is 11.5 Å². The number of alkyl halides is 2. The predicted octanol–water partition coefficient (Wildman–Crippen LogP) is 7.07. The molecule has 280 valence electrons. The predicted molar refractivity (Wildman–Crippen MR) is 197 cm³/mol. The lowest BCUT2D eigenvalue weighted by Crippen LogP contribution is -2.43. The Kier molecular flexibility index (Phi) is 8.72. The number of amides is 1. The van der Waals surface area contributed by atoms with Gasteiger partial charge >= 0.3 is 6.01 Å². The van der Waals surface area contributed by atoms with Crippen LogP contribution in [0.15, 0.2) is 53.2 Å². The van der Waals surface area contributed by atoms with Crippen LogP contribution in [0.3, 0.4) is 0 Å². The van der Waals surface area contributed by atoms with E-state index >= 15 is 4.39 Å². The summed E-state index contributed by atoms with van der Waals surface area (Å²) in [5.41, 5.74) is -1.38. The van der Waals surface area contributed by atoms with Gasteiger partial charge in [-0.2, -0.15) is 15.0 Å². The van der Waals surface area contributed by atoms with E-state index in [4.69, 9.17) is 25.8 Å². The average molecular weight is 759 g/mol. The SMILES string of the molecule is CN(c1nc(OC[C@@]23CCCN2C[C@H](F)C3)nc2c(F)c(-c3cccc4cccc(Cl)c34)ncc12)[C@@H]1CCN(C(=O)/C=C/c2nc(C3(F)CCC3)no2)C1. The Bertz CT molecular complexity index is 2300. The van der Waals surface area contributed by atoms with Gasteiger partial charge in [0.2, 0.25) is 11.7 Å². The molecule has 2 aromatic carbocycles. The third-order valence-electron chi connectivity index (χ3n) is 11.7. The molecule has 0 radical (unpaired) electrons. The fraction of sp³-hybridized carbons (Fsp3) is 0.436. The molecule has 1 amide bonds. The zero-order valence-electron chi connectivity index (χ0n) is 29.7. The van der Waals surface area contributed by atoms with Gasteiger partial charge in [-0.25, -0.2) is 13.2 Å². The number of aromatic nitrogens is 5. The molecule has 9 rings (SSSR count). The molecule has 15 heteroatoms. The second-order valence-electron chi connectivity index (χ2n) is 15.0. The third kappa shape index (κ3) is 6.03. The number of likely N-dealkylation sites (tertiary alicyclic amines) is 1. The molecule has 3 aromatic heterocycles. The van der Waals surface area contributed by atoms with E-state index in [0.717, 1.165) is 31.2 Å².